The van der Waals surface area contributed by atoms with Crippen LogP contribution >= 0.6 is 7.82 Å². The molecule has 502 valence electrons. The molecule has 0 bridgehead atoms. The zero-order valence-electron chi connectivity index (χ0n) is 57.2. The normalized spacial score (nSPS) is 13.8. The molecule has 0 aliphatic carbocycles. The van der Waals surface area contributed by atoms with Gasteiger partial charge in [-0.25, -0.2) is 4.57 Å². The number of phosphoric ester groups is 1. The first-order valence-corrected chi connectivity index (χ1v) is 37.6. The summed E-state index contributed by atoms with van der Waals surface area (Å²) in [4.78, 5) is 35.9. The van der Waals surface area contributed by atoms with Gasteiger partial charge in [0.15, 0.2) is 6.10 Å². The predicted molar refractivity (Wildman–Crippen MR) is 376 cm³/mol. The molecule has 0 radical (unpaired) electrons. The van der Waals surface area contributed by atoms with E-state index in [1.165, 1.54) is 186 Å². The van der Waals surface area contributed by atoms with E-state index < -0.39 is 26.5 Å². The summed E-state index contributed by atoms with van der Waals surface area (Å²) < 4.78 is 34.7. The molecule has 0 aliphatic rings. The Morgan fingerprint density at radius 1 is 0.368 bits per heavy atom. The SMILES string of the molecule is CC/C=C\C/C=C\C/C=C\C/C=C\C/C=C\C/C=C\C/C=C\C/C=C\C/C=C\CCCCCC(=O)OC(COC(=O)CCCCCCCCCCCCCCCCCCCCCCCCCCCCCCCCCC)COP(=O)(O)OCC[N+](C)(C)C. The van der Waals surface area contributed by atoms with E-state index in [-0.39, 0.29) is 32.0 Å². The molecule has 0 aromatic heterocycles. The maximum Gasteiger partial charge on any atom is 0.472 e. The van der Waals surface area contributed by atoms with Crippen molar-refractivity contribution in [2.75, 3.05) is 47.5 Å². The Hall–Kier alpha value is -3.33. The molecule has 0 heterocycles. The predicted octanol–water partition coefficient (Wildman–Crippen LogP) is 23.7. The number of phosphoric acid groups is 1. The minimum Gasteiger partial charge on any atom is -0.462 e. The summed E-state index contributed by atoms with van der Waals surface area (Å²) in [6, 6.07) is 0. The third-order valence-electron chi connectivity index (χ3n) is 15.6. The van der Waals surface area contributed by atoms with Crippen molar-refractivity contribution >= 4 is 19.8 Å². The molecular formula is C77H137NO8P+. The maximum atomic E-state index is 12.9. The Labute approximate surface area is 537 Å². The van der Waals surface area contributed by atoms with Gasteiger partial charge in [0.2, 0.25) is 0 Å². The van der Waals surface area contributed by atoms with Gasteiger partial charge in [0.1, 0.15) is 19.8 Å². The van der Waals surface area contributed by atoms with Crippen molar-refractivity contribution in [3.05, 3.63) is 109 Å². The molecule has 0 amide bonds. The molecule has 1 N–H and O–H groups in total. The fraction of sp³-hybridized carbons (Fsp3) is 0.740. The molecule has 0 aliphatic heterocycles. The highest BCUT2D eigenvalue weighted by atomic mass is 31.2. The second-order valence-corrected chi connectivity index (χ2v) is 26.7. The van der Waals surface area contributed by atoms with Crippen LogP contribution in [-0.2, 0) is 32.7 Å². The van der Waals surface area contributed by atoms with Crippen LogP contribution in [0.5, 0.6) is 0 Å². The smallest absolute Gasteiger partial charge is 0.462 e. The Morgan fingerprint density at radius 3 is 0.977 bits per heavy atom. The molecule has 2 atom stereocenters. The first-order valence-electron chi connectivity index (χ1n) is 36.1. The van der Waals surface area contributed by atoms with Gasteiger partial charge in [0.05, 0.1) is 27.7 Å². The van der Waals surface area contributed by atoms with Gasteiger partial charge in [0, 0.05) is 12.8 Å². The summed E-state index contributed by atoms with van der Waals surface area (Å²) in [6.45, 7) is 4.31. The van der Waals surface area contributed by atoms with E-state index in [0.29, 0.717) is 17.4 Å². The van der Waals surface area contributed by atoms with Crippen LogP contribution in [0.15, 0.2) is 109 Å². The maximum absolute atomic E-state index is 12.9. The number of hydrogen-bond acceptors (Lipinski definition) is 7. The van der Waals surface area contributed by atoms with E-state index >= 15 is 0 Å². The Morgan fingerprint density at radius 2 is 0.655 bits per heavy atom. The van der Waals surface area contributed by atoms with E-state index in [1.807, 2.05) is 21.1 Å². The Kier molecular flexibility index (Phi) is 64.5. The van der Waals surface area contributed by atoms with Crippen molar-refractivity contribution in [2.24, 2.45) is 0 Å². The van der Waals surface area contributed by atoms with Crippen molar-refractivity contribution < 1.29 is 42.1 Å². The third-order valence-corrected chi connectivity index (χ3v) is 16.6. The van der Waals surface area contributed by atoms with Crippen molar-refractivity contribution in [1.82, 2.24) is 0 Å². The fourth-order valence-electron chi connectivity index (χ4n) is 10.1. The van der Waals surface area contributed by atoms with Crippen LogP contribution < -0.4 is 0 Å². The summed E-state index contributed by atoms with van der Waals surface area (Å²) in [5.41, 5.74) is 0. The molecule has 0 saturated carbocycles. The van der Waals surface area contributed by atoms with Crippen LogP contribution in [0.4, 0.5) is 0 Å². The van der Waals surface area contributed by atoms with Gasteiger partial charge in [-0.2, -0.15) is 0 Å². The van der Waals surface area contributed by atoms with Gasteiger partial charge in [-0.05, 0) is 83.5 Å². The number of allylic oxidation sites excluding steroid dienone is 18. The molecule has 0 aromatic rings. The van der Waals surface area contributed by atoms with Gasteiger partial charge >= 0.3 is 19.8 Å². The number of carbonyl (C=O) groups excluding carboxylic acids is 2. The topological polar surface area (TPSA) is 108 Å². The number of rotatable bonds is 66. The van der Waals surface area contributed by atoms with Gasteiger partial charge in [-0.15, -0.1) is 0 Å². The number of ether oxygens (including phenoxy) is 2. The standard InChI is InChI=1S/C77H136NO8P/c1-6-8-10-12-14-16-18-20-22-24-26-28-30-32-34-36-38-40-41-43-45-47-49-51-53-55-57-59-61-63-65-67-69-76(79)83-73-75(74-85-87(81,82)84-72-71-78(3,4)5)86-77(80)70-68-66-64-62-60-58-56-54-52-50-48-46-44-42-39-37-35-33-31-29-27-25-23-21-19-17-15-13-11-9-7-2/h9,11,15,17,21,23,27,29,33,35,39,42,46,48,52,54,58,60,75H,6-8,10,12-14,16,18-20,22,24-26,28,30-32,34,36-38,40-41,43-45,47,49-51,53,55-57,59,61-74H2,1-5H3/p+1/b11-9-,17-15-,23-21-,29-27-,35-33-,42-39-,48-46-,54-52-,60-58-. The molecule has 2 unspecified atom stereocenters. The van der Waals surface area contributed by atoms with Gasteiger partial charge in [-0.1, -0.05) is 329 Å². The first kappa shape index (κ1) is 83.7. The van der Waals surface area contributed by atoms with Crippen LogP contribution in [0.3, 0.4) is 0 Å². The number of hydrogen-bond donors (Lipinski definition) is 1. The van der Waals surface area contributed by atoms with Crippen LogP contribution in [-0.4, -0.2) is 74.9 Å². The quantitative estimate of drug-likeness (QED) is 0.0211. The highest BCUT2D eigenvalue weighted by molar-refractivity contribution is 7.47. The van der Waals surface area contributed by atoms with Crippen molar-refractivity contribution in [1.29, 1.82) is 0 Å². The molecular weight excluding hydrogens is 1100 g/mol. The monoisotopic (exact) mass is 1240 g/mol. The minimum atomic E-state index is -4.41. The first-order chi connectivity index (χ1) is 42.5. The average Bonchev–Trinajstić information content (AvgIpc) is 3.62. The van der Waals surface area contributed by atoms with Gasteiger partial charge in [0.25, 0.3) is 0 Å². The van der Waals surface area contributed by atoms with Crippen molar-refractivity contribution in [2.45, 2.75) is 322 Å². The molecule has 0 rings (SSSR count). The molecule has 9 nitrogen and oxygen atoms in total. The van der Waals surface area contributed by atoms with Gasteiger partial charge in [-0.3, -0.25) is 18.6 Å². The highest BCUT2D eigenvalue weighted by Crippen LogP contribution is 2.43. The van der Waals surface area contributed by atoms with E-state index in [0.717, 1.165) is 96.3 Å². The number of nitrogens with zero attached hydrogens (tertiary/aromatic N) is 1. The number of quaternary nitrogens is 1. The van der Waals surface area contributed by atoms with Crippen LogP contribution in [0, 0.1) is 0 Å². The summed E-state index contributed by atoms with van der Waals surface area (Å²) in [5.74, 6) is -0.831. The lowest BCUT2D eigenvalue weighted by Gasteiger charge is -2.24. The lowest BCUT2D eigenvalue weighted by atomic mass is 10.0. The summed E-state index contributed by atoms with van der Waals surface area (Å²) in [6.07, 6.45) is 95.0. The molecule has 0 fully saturated rings. The zero-order chi connectivity index (χ0) is 63.4. The van der Waals surface area contributed by atoms with Crippen molar-refractivity contribution in [3.8, 4) is 0 Å². The minimum absolute atomic E-state index is 0.0206. The molecule has 10 heteroatoms. The molecule has 0 saturated heterocycles. The van der Waals surface area contributed by atoms with Crippen LogP contribution in [0.2, 0.25) is 0 Å². The highest BCUT2D eigenvalue weighted by Gasteiger charge is 2.27. The van der Waals surface area contributed by atoms with Gasteiger partial charge < -0.3 is 18.9 Å². The lowest BCUT2D eigenvalue weighted by Crippen LogP contribution is -2.37. The Bertz CT molecular complexity index is 1840. The summed E-state index contributed by atoms with van der Waals surface area (Å²) >= 11 is 0. The number of unbranched alkanes of at least 4 members (excludes halogenated alkanes) is 34. The lowest BCUT2D eigenvalue weighted by molar-refractivity contribution is -0.870. The average molecular weight is 1240 g/mol. The van der Waals surface area contributed by atoms with E-state index in [1.54, 1.807) is 0 Å². The van der Waals surface area contributed by atoms with E-state index in [2.05, 4.69) is 123 Å². The summed E-state index contributed by atoms with van der Waals surface area (Å²) in [5, 5.41) is 0. The number of likely N-dealkylation sites (N-methyl/N-ethyl adjacent to an activating group) is 1. The number of carbonyl (C=O) groups is 2. The molecule has 87 heavy (non-hydrogen) atoms. The van der Waals surface area contributed by atoms with E-state index in [9.17, 15) is 19.0 Å². The fourth-order valence-corrected chi connectivity index (χ4v) is 10.8. The second-order valence-electron chi connectivity index (χ2n) is 25.3. The number of esters is 2. The third kappa shape index (κ3) is 71.6. The van der Waals surface area contributed by atoms with Crippen molar-refractivity contribution in [3.63, 3.8) is 0 Å². The Balaban J connectivity index is 4.10. The second kappa shape index (κ2) is 67.1. The molecule has 0 aromatic carbocycles. The van der Waals surface area contributed by atoms with E-state index in [4.69, 9.17) is 18.5 Å². The van der Waals surface area contributed by atoms with Crippen LogP contribution in [0.25, 0.3) is 0 Å². The zero-order valence-corrected chi connectivity index (χ0v) is 58.1. The largest absolute Gasteiger partial charge is 0.472 e. The summed E-state index contributed by atoms with van der Waals surface area (Å²) in [7, 11) is 1.45. The van der Waals surface area contributed by atoms with Crippen LogP contribution in [0.1, 0.15) is 316 Å². The molecule has 0 spiro atoms.